The number of hydrogen-bond donors (Lipinski definition) is 1. The minimum atomic E-state index is -0.123. The van der Waals surface area contributed by atoms with Crippen molar-refractivity contribution < 1.29 is 9.32 Å². The summed E-state index contributed by atoms with van der Waals surface area (Å²) in [6, 6.07) is 1.53. The second-order valence-corrected chi connectivity index (χ2v) is 2.23. The quantitative estimate of drug-likeness (QED) is 0.627. The van der Waals surface area contributed by atoms with E-state index in [0.29, 0.717) is 19.0 Å². The van der Waals surface area contributed by atoms with Gasteiger partial charge in [0.25, 0.3) is 0 Å². The normalized spacial score (nSPS) is 17.1. The van der Waals surface area contributed by atoms with Crippen molar-refractivity contribution in [2.75, 3.05) is 18.0 Å². The number of urea groups is 1. The smallest absolute Gasteiger partial charge is 0.324 e. The Labute approximate surface area is 63.0 Å². The van der Waals surface area contributed by atoms with Gasteiger partial charge in [-0.3, -0.25) is 4.90 Å². The molecule has 0 aromatic carbocycles. The van der Waals surface area contributed by atoms with Crippen molar-refractivity contribution in [3.63, 3.8) is 0 Å². The van der Waals surface area contributed by atoms with Gasteiger partial charge < -0.3 is 9.84 Å². The molecule has 1 N–H and O–H groups in total. The number of hydrogen-bond acceptors (Lipinski definition) is 3. The third-order valence-electron chi connectivity index (χ3n) is 1.55. The summed E-state index contributed by atoms with van der Waals surface area (Å²) in [5.41, 5.74) is 0. The molecule has 1 fully saturated rings. The Morgan fingerprint density at radius 2 is 2.64 bits per heavy atom. The lowest BCUT2D eigenvalue weighted by atomic mass is 10.5. The van der Waals surface area contributed by atoms with Crippen molar-refractivity contribution in [3.8, 4) is 0 Å². The first kappa shape index (κ1) is 6.21. The van der Waals surface area contributed by atoms with Crippen molar-refractivity contribution in [2.24, 2.45) is 0 Å². The van der Waals surface area contributed by atoms with Crippen LogP contribution in [0.15, 0.2) is 16.8 Å². The van der Waals surface area contributed by atoms with E-state index in [4.69, 9.17) is 4.52 Å². The van der Waals surface area contributed by atoms with Crippen LogP contribution in [0, 0.1) is 0 Å². The number of anilines is 1. The SMILES string of the molecule is O=C1NCCN1c1ccno1. The summed E-state index contributed by atoms with van der Waals surface area (Å²) in [7, 11) is 0. The molecule has 11 heavy (non-hydrogen) atoms. The monoisotopic (exact) mass is 153 g/mol. The highest BCUT2D eigenvalue weighted by Crippen LogP contribution is 2.13. The van der Waals surface area contributed by atoms with Crippen LogP contribution in [-0.2, 0) is 0 Å². The van der Waals surface area contributed by atoms with Crippen LogP contribution in [0.4, 0.5) is 10.7 Å². The Bertz CT molecular complexity index is 257. The van der Waals surface area contributed by atoms with Crippen LogP contribution >= 0.6 is 0 Å². The van der Waals surface area contributed by atoms with Gasteiger partial charge in [-0.2, -0.15) is 0 Å². The molecule has 1 aromatic heterocycles. The highest BCUT2D eigenvalue weighted by atomic mass is 16.5. The third-order valence-corrected chi connectivity index (χ3v) is 1.55. The first-order valence-electron chi connectivity index (χ1n) is 3.34. The summed E-state index contributed by atoms with van der Waals surface area (Å²) in [5, 5.41) is 6.16. The van der Waals surface area contributed by atoms with E-state index >= 15 is 0 Å². The van der Waals surface area contributed by atoms with Crippen molar-refractivity contribution in [3.05, 3.63) is 12.3 Å². The van der Waals surface area contributed by atoms with Gasteiger partial charge in [-0.25, -0.2) is 4.79 Å². The molecule has 1 aromatic rings. The first-order chi connectivity index (χ1) is 5.38. The van der Waals surface area contributed by atoms with E-state index in [0.717, 1.165) is 0 Å². The second kappa shape index (κ2) is 2.26. The molecule has 0 saturated carbocycles. The fraction of sp³-hybridized carbons (Fsp3) is 0.333. The molecule has 1 aliphatic rings. The van der Waals surface area contributed by atoms with Crippen molar-refractivity contribution >= 4 is 11.9 Å². The van der Waals surface area contributed by atoms with Gasteiger partial charge in [0, 0.05) is 19.2 Å². The van der Waals surface area contributed by atoms with Gasteiger partial charge >= 0.3 is 6.03 Å². The van der Waals surface area contributed by atoms with E-state index in [1.54, 1.807) is 6.07 Å². The van der Waals surface area contributed by atoms with Crippen LogP contribution < -0.4 is 10.2 Å². The first-order valence-corrected chi connectivity index (χ1v) is 3.34. The van der Waals surface area contributed by atoms with E-state index in [9.17, 15) is 4.79 Å². The molecule has 2 amide bonds. The lowest BCUT2D eigenvalue weighted by molar-refractivity contribution is 0.250. The van der Waals surface area contributed by atoms with Crippen LogP contribution in [0.2, 0.25) is 0 Å². The molecule has 0 radical (unpaired) electrons. The van der Waals surface area contributed by atoms with Gasteiger partial charge in [0.05, 0.1) is 6.20 Å². The minimum absolute atomic E-state index is 0.123. The van der Waals surface area contributed by atoms with Crippen LogP contribution in [0.25, 0.3) is 0 Å². The van der Waals surface area contributed by atoms with E-state index in [1.807, 2.05) is 0 Å². The maximum Gasteiger partial charge on any atom is 0.324 e. The van der Waals surface area contributed by atoms with Crippen LogP contribution in [0.3, 0.4) is 0 Å². The molecule has 0 atom stereocenters. The molecule has 0 bridgehead atoms. The maximum atomic E-state index is 11.0. The Balaban J connectivity index is 2.23. The number of carbonyl (C=O) groups excluding carboxylic acids is 1. The predicted octanol–water partition coefficient (Wildman–Crippen LogP) is 0.204. The topological polar surface area (TPSA) is 58.4 Å². The summed E-state index contributed by atoms with van der Waals surface area (Å²) >= 11 is 0. The molecule has 2 rings (SSSR count). The largest absolute Gasteiger partial charge is 0.338 e. The fourth-order valence-corrected chi connectivity index (χ4v) is 1.03. The van der Waals surface area contributed by atoms with Crippen LogP contribution in [-0.4, -0.2) is 24.3 Å². The summed E-state index contributed by atoms with van der Waals surface area (Å²) in [6.07, 6.45) is 1.51. The number of carbonyl (C=O) groups is 1. The fourth-order valence-electron chi connectivity index (χ4n) is 1.03. The van der Waals surface area contributed by atoms with Gasteiger partial charge in [-0.15, -0.1) is 0 Å². The Morgan fingerprint density at radius 3 is 3.18 bits per heavy atom. The van der Waals surface area contributed by atoms with Crippen LogP contribution in [0.1, 0.15) is 0 Å². The van der Waals surface area contributed by atoms with Crippen molar-refractivity contribution in [1.29, 1.82) is 0 Å². The van der Waals surface area contributed by atoms with E-state index in [2.05, 4.69) is 10.5 Å². The van der Waals surface area contributed by atoms with Gasteiger partial charge in [-0.05, 0) is 0 Å². The summed E-state index contributed by atoms with van der Waals surface area (Å²) in [4.78, 5) is 12.5. The highest BCUT2D eigenvalue weighted by molar-refractivity contribution is 5.92. The molecular weight excluding hydrogens is 146 g/mol. The summed E-state index contributed by atoms with van der Waals surface area (Å²) < 4.78 is 4.80. The summed E-state index contributed by atoms with van der Waals surface area (Å²) in [5.74, 6) is 0.500. The number of rotatable bonds is 1. The number of nitrogens with one attached hydrogen (secondary N) is 1. The molecule has 2 heterocycles. The zero-order valence-electron chi connectivity index (χ0n) is 5.78. The molecule has 5 heteroatoms. The molecule has 1 saturated heterocycles. The zero-order chi connectivity index (χ0) is 7.68. The van der Waals surface area contributed by atoms with Crippen molar-refractivity contribution in [1.82, 2.24) is 10.5 Å². The second-order valence-electron chi connectivity index (χ2n) is 2.23. The van der Waals surface area contributed by atoms with E-state index in [-0.39, 0.29) is 6.03 Å². The standard InChI is InChI=1S/C6H7N3O2/c10-6-7-3-4-9(6)5-1-2-8-11-5/h1-2H,3-4H2,(H,7,10). The molecule has 58 valence electrons. The van der Waals surface area contributed by atoms with Gasteiger partial charge in [0.2, 0.25) is 5.88 Å². The molecule has 0 aliphatic carbocycles. The van der Waals surface area contributed by atoms with Crippen molar-refractivity contribution in [2.45, 2.75) is 0 Å². The summed E-state index contributed by atoms with van der Waals surface area (Å²) in [6.45, 7) is 1.31. The third kappa shape index (κ3) is 0.938. The Morgan fingerprint density at radius 1 is 1.73 bits per heavy atom. The average Bonchev–Trinajstić information content (AvgIpc) is 2.55. The minimum Gasteiger partial charge on any atom is -0.338 e. The number of nitrogens with zero attached hydrogens (tertiary/aromatic N) is 2. The molecular formula is C6H7N3O2. The lowest BCUT2D eigenvalue weighted by Crippen LogP contribution is -2.27. The predicted molar refractivity (Wildman–Crippen MR) is 37.2 cm³/mol. The van der Waals surface area contributed by atoms with Gasteiger partial charge in [0.15, 0.2) is 0 Å². The molecule has 0 spiro atoms. The highest BCUT2D eigenvalue weighted by Gasteiger charge is 2.23. The number of aromatic nitrogens is 1. The molecule has 1 aliphatic heterocycles. The molecule has 0 unspecified atom stereocenters. The van der Waals surface area contributed by atoms with Gasteiger partial charge in [-0.1, -0.05) is 5.16 Å². The van der Waals surface area contributed by atoms with E-state index in [1.165, 1.54) is 11.1 Å². The Hall–Kier alpha value is -1.52. The van der Waals surface area contributed by atoms with Gasteiger partial charge in [0.1, 0.15) is 0 Å². The Kier molecular flexibility index (Phi) is 1.28. The average molecular weight is 153 g/mol. The maximum absolute atomic E-state index is 11.0. The lowest BCUT2D eigenvalue weighted by Gasteiger charge is -2.06. The van der Waals surface area contributed by atoms with Crippen LogP contribution in [0.5, 0.6) is 0 Å². The number of amides is 2. The molecule has 5 nitrogen and oxygen atoms in total. The van der Waals surface area contributed by atoms with E-state index < -0.39 is 0 Å². The zero-order valence-corrected chi connectivity index (χ0v) is 5.78.